The first-order chi connectivity index (χ1) is 14.3. The van der Waals surface area contributed by atoms with Gasteiger partial charge >= 0.3 is 0 Å². The summed E-state index contributed by atoms with van der Waals surface area (Å²) in [5, 5.41) is 7.74. The number of nitrogens with zero attached hydrogens (tertiary/aromatic N) is 5. The molecule has 6 heteroatoms. The van der Waals surface area contributed by atoms with Crippen molar-refractivity contribution < 1.29 is 4.79 Å². The number of rotatable bonds is 3. The van der Waals surface area contributed by atoms with E-state index in [1.165, 1.54) is 22.5 Å². The minimum Gasteiger partial charge on any atom is -0.368 e. The number of amides is 1. The number of benzene rings is 2. The smallest absolute Gasteiger partial charge is 0.274 e. The van der Waals surface area contributed by atoms with E-state index in [1.54, 1.807) is 18.3 Å². The molecule has 0 N–H and O–H groups in total. The van der Waals surface area contributed by atoms with Gasteiger partial charge in [0.2, 0.25) is 0 Å². The van der Waals surface area contributed by atoms with E-state index in [1.807, 2.05) is 4.90 Å². The molecule has 6 nitrogen and oxygen atoms in total. The Labute approximate surface area is 170 Å². The molecule has 2 aliphatic rings. The van der Waals surface area contributed by atoms with Crippen molar-refractivity contribution in [2.75, 3.05) is 36.0 Å². The number of carbonyl (C=O) groups is 1. The lowest BCUT2D eigenvalue weighted by Gasteiger charge is -2.36. The monoisotopic (exact) mass is 385 g/mol. The van der Waals surface area contributed by atoms with Crippen LogP contribution in [-0.2, 0) is 13.1 Å². The van der Waals surface area contributed by atoms with Gasteiger partial charge in [-0.1, -0.05) is 24.3 Å². The summed E-state index contributed by atoms with van der Waals surface area (Å²) < 4.78 is 0. The van der Waals surface area contributed by atoms with Gasteiger partial charge in [0.1, 0.15) is 0 Å². The fraction of sp³-hybridized carbons (Fsp3) is 0.261. The normalized spacial score (nSPS) is 16.1. The Morgan fingerprint density at radius 3 is 1.93 bits per heavy atom. The Kier molecular flexibility index (Phi) is 4.60. The van der Waals surface area contributed by atoms with E-state index >= 15 is 0 Å². The largest absolute Gasteiger partial charge is 0.368 e. The topological polar surface area (TPSA) is 52.6 Å². The minimum atomic E-state index is -0.0401. The summed E-state index contributed by atoms with van der Waals surface area (Å²) in [5.41, 5.74) is 5.70. The average Bonchev–Trinajstić information content (AvgIpc) is 3.24. The molecule has 0 saturated carbocycles. The van der Waals surface area contributed by atoms with Gasteiger partial charge in [0.25, 0.3) is 5.91 Å². The molecule has 5 rings (SSSR count). The molecule has 3 heterocycles. The molecule has 1 aromatic heterocycles. The second kappa shape index (κ2) is 7.54. The third kappa shape index (κ3) is 3.53. The van der Waals surface area contributed by atoms with Gasteiger partial charge in [-0.2, -0.15) is 5.10 Å². The third-order valence-corrected chi connectivity index (χ3v) is 5.78. The van der Waals surface area contributed by atoms with Gasteiger partial charge in [-0.15, -0.1) is 5.10 Å². The van der Waals surface area contributed by atoms with E-state index in [-0.39, 0.29) is 5.91 Å². The highest BCUT2D eigenvalue weighted by Gasteiger charge is 2.24. The van der Waals surface area contributed by atoms with Crippen molar-refractivity contribution in [1.29, 1.82) is 0 Å². The average molecular weight is 385 g/mol. The molecule has 2 aliphatic heterocycles. The number of fused-ring (bicyclic) bond motifs is 1. The van der Waals surface area contributed by atoms with Crippen molar-refractivity contribution in [2.45, 2.75) is 13.1 Å². The number of hydrogen-bond acceptors (Lipinski definition) is 5. The maximum Gasteiger partial charge on any atom is 0.274 e. The van der Waals surface area contributed by atoms with Crippen molar-refractivity contribution in [2.24, 2.45) is 0 Å². The molecular weight excluding hydrogens is 362 g/mol. The molecule has 1 fully saturated rings. The fourth-order valence-corrected chi connectivity index (χ4v) is 4.14. The van der Waals surface area contributed by atoms with Crippen molar-refractivity contribution in [1.82, 2.24) is 15.1 Å². The van der Waals surface area contributed by atoms with Gasteiger partial charge < -0.3 is 14.7 Å². The van der Waals surface area contributed by atoms with Crippen LogP contribution in [0.15, 0.2) is 66.9 Å². The van der Waals surface area contributed by atoms with Gasteiger partial charge in [-0.05, 0) is 47.5 Å². The molecule has 1 saturated heterocycles. The molecule has 3 aromatic rings. The molecule has 0 spiro atoms. The number of aromatic nitrogens is 2. The van der Waals surface area contributed by atoms with Gasteiger partial charge in [0.15, 0.2) is 5.69 Å². The molecule has 0 radical (unpaired) electrons. The summed E-state index contributed by atoms with van der Waals surface area (Å²) in [7, 11) is 0. The van der Waals surface area contributed by atoms with Gasteiger partial charge in [-0.25, -0.2) is 0 Å². The van der Waals surface area contributed by atoms with Gasteiger partial charge in [0.05, 0.1) is 0 Å². The predicted octanol–water partition coefficient (Wildman–Crippen LogP) is 2.96. The highest BCUT2D eigenvalue weighted by molar-refractivity contribution is 5.92. The van der Waals surface area contributed by atoms with Crippen LogP contribution in [0, 0.1) is 0 Å². The van der Waals surface area contributed by atoms with Crippen LogP contribution in [0.5, 0.6) is 0 Å². The van der Waals surface area contributed by atoms with Crippen molar-refractivity contribution in [3.05, 3.63) is 83.7 Å². The quantitative estimate of drug-likeness (QED) is 0.694. The van der Waals surface area contributed by atoms with Crippen LogP contribution in [-0.4, -0.2) is 47.2 Å². The third-order valence-electron chi connectivity index (χ3n) is 5.78. The first-order valence-electron chi connectivity index (χ1n) is 10.0. The number of piperazine rings is 1. The first-order valence-corrected chi connectivity index (χ1v) is 10.0. The summed E-state index contributed by atoms with van der Waals surface area (Å²) in [6, 6.07) is 20.9. The maximum absolute atomic E-state index is 12.5. The zero-order chi connectivity index (χ0) is 19.6. The minimum absolute atomic E-state index is 0.0401. The highest BCUT2D eigenvalue weighted by atomic mass is 16.2. The van der Waals surface area contributed by atoms with E-state index in [9.17, 15) is 4.79 Å². The van der Waals surface area contributed by atoms with Crippen molar-refractivity contribution >= 4 is 17.3 Å². The van der Waals surface area contributed by atoms with Crippen LogP contribution in [0.25, 0.3) is 0 Å². The Balaban J connectivity index is 1.20. The summed E-state index contributed by atoms with van der Waals surface area (Å²) >= 11 is 0. The van der Waals surface area contributed by atoms with Crippen LogP contribution in [0.1, 0.15) is 21.6 Å². The first kappa shape index (κ1) is 17.7. The number of carbonyl (C=O) groups excluding carboxylic acids is 1. The molecule has 0 bridgehead atoms. The zero-order valence-corrected chi connectivity index (χ0v) is 16.2. The Morgan fingerprint density at radius 1 is 0.724 bits per heavy atom. The van der Waals surface area contributed by atoms with Crippen LogP contribution in [0.2, 0.25) is 0 Å². The molecule has 2 aromatic carbocycles. The number of anilines is 2. The molecule has 1 amide bonds. The Bertz CT molecular complexity index is 972. The van der Waals surface area contributed by atoms with E-state index in [2.05, 4.69) is 68.5 Å². The SMILES string of the molecule is O=C(c1cccnn1)N1CCN(c2ccc(N3Cc4ccccc4C3)cc2)CC1. The molecular formula is C23H23N5O. The standard InChI is InChI=1S/C23H23N5O/c29-23(22-6-3-11-24-25-22)27-14-12-26(13-15-27)20-7-9-21(10-8-20)28-16-18-4-1-2-5-19(18)17-28/h1-11H,12-17H2. The van der Waals surface area contributed by atoms with Gasteiger partial charge in [-0.3, -0.25) is 4.79 Å². The molecule has 146 valence electrons. The fourth-order valence-electron chi connectivity index (χ4n) is 4.14. The van der Waals surface area contributed by atoms with E-state index in [0.29, 0.717) is 18.8 Å². The van der Waals surface area contributed by atoms with Crippen LogP contribution in [0.3, 0.4) is 0 Å². The summed E-state index contributed by atoms with van der Waals surface area (Å²) in [5.74, 6) is -0.0401. The van der Waals surface area contributed by atoms with Crippen LogP contribution >= 0.6 is 0 Å². The Morgan fingerprint density at radius 2 is 1.34 bits per heavy atom. The predicted molar refractivity (Wildman–Crippen MR) is 113 cm³/mol. The van der Waals surface area contributed by atoms with Crippen molar-refractivity contribution in [3.63, 3.8) is 0 Å². The highest BCUT2D eigenvalue weighted by Crippen LogP contribution is 2.29. The van der Waals surface area contributed by atoms with E-state index in [4.69, 9.17) is 0 Å². The van der Waals surface area contributed by atoms with Crippen LogP contribution in [0.4, 0.5) is 11.4 Å². The second-order valence-corrected chi connectivity index (χ2v) is 7.53. The molecule has 29 heavy (non-hydrogen) atoms. The lowest BCUT2D eigenvalue weighted by atomic mass is 10.1. The lowest BCUT2D eigenvalue weighted by Crippen LogP contribution is -2.49. The molecule has 0 unspecified atom stereocenters. The summed E-state index contributed by atoms with van der Waals surface area (Å²) in [6.45, 7) is 4.97. The molecule has 0 aliphatic carbocycles. The second-order valence-electron chi connectivity index (χ2n) is 7.53. The Hall–Kier alpha value is -3.41. The van der Waals surface area contributed by atoms with E-state index < -0.39 is 0 Å². The van der Waals surface area contributed by atoms with E-state index in [0.717, 1.165) is 26.2 Å². The number of hydrogen-bond donors (Lipinski definition) is 0. The zero-order valence-electron chi connectivity index (χ0n) is 16.2. The maximum atomic E-state index is 12.5. The summed E-state index contributed by atoms with van der Waals surface area (Å²) in [6.07, 6.45) is 1.58. The summed E-state index contributed by atoms with van der Waals surface area (Å²) in [4.78, 5) is 19.1. The van der Waals surface area contributed by atoms with Gasteiger partial charge in [0, 0.05) is 56.8 Å². The van der Waals surface area contributed by atoms with Crippen molar-refractivity contribution in [3.8, 4) is 0 Å². The van der Waals surface area contributed by atoms with Crippen LogP contribution < -0.4 is 9.80 Å². The molecule has 0 atom stereocenters. The lowest BCUT2D eigenvalue weighted by molar-refractivity contribution is 0.0739.